The molecule has 1 heterocycles. The first-order valence-electron chi connectivity index (χ1n) is 7.37. The van der Waals surface area contributed by atoms with E-state index in [0.29, 0.717) is 12.1 Å². The zero-order valence-corrected chi connectivity index (χ0v) is 12.1. The molecule has 1 atom stereocenters. The summed E-state index contributed by atoms with van der Waals surface area (Å²) in [5, 5.41) is 3.60. The van der Waals surface area contributed by atoms with E-state index in [-0.39, 0.29) is 0 Å². The number of hydrogen-bond acceptors (Lipinski definition) is 3. The van der Waals surface area contributed by atoms with Crippen molar-refractivity contribution >= 4 is 0 Å². The van der Waals surface area contributed by atoms with Crippen LogP contribution in [0.1, 0.15) is 31.4 Å². The summed E-state index contributed by atoms with van der Waals surface area (Å²) in [7, 11) is 2.24. The van der Waals surface area contributed by atoms with Crippen molar-refractivity contribution in [3.05, 3.63) is 35.9 Å². The molecular weight excluding hydrogens is 236 g/mol. The highest BCUT2D eigenvalue weighted by Gasteiger charge is 2.21. The molecule has 1 fully saturated rings. The average Bonchev–Trinajstić information content (AvgIpc) is 2.48. The van der Waals surface area contributed by atoms with Gasteiger partial charge >= 0.3 is 0 Å². The summed E-state index contributed by atoms with van der Waals surface area (Å²) in [4.78, 5) is 2.49. The predicted molar refractivity (Wildman–Crippen MR) is 79.3 cm³/mol. The van der Waals surface area contributed by atoms with Crippen molar-refractivity contribution in [1.82, 2.24) is 10.2 Å². The Kier molecular flexibility index (Phi) is 5.83. The molecule has 0 amide bonds. The zero-order valence-electron chi connectivity index (χ0n) is 12.1. The van der Waals surface area contributed by atoms with Crippen LogP contribution in [0.3, 0.4) is 0 Å². The first-order chi connectivity index (χ1) is 9.31. The predicted octanol–water partition coefficient (Wildman–Crippen LogP) is 2.45. The summed E-state index contributed by atoms with van der Waals surface area (Å²) in [6.07, 6.45) is 2.31. The van der Waals surface area contributed by atoms with Gasteiger partial charge in [0.05, 0.1) is 0 Å². The molecule has 2 rings (SSSR count). The molecule has 1 unspecified atom stereocenters. The largest absolute Gasteiger partial charge is 0.381 e. The summed E-state index contributed by atoms with van der Waals surface area (Å²) in [5.74, 6) is 0. The Morgan fingerprint density at radius 3 is 2.58 bits per heavy atom. The molecular formula is C16H26N2O. The van der Waals surface area contributed by atoms with Gasteiger partial charge in [0.1, 0.15) is 0 Å². The molecule has 1 aromatic carbocycles. The van der Waals surface area contributed by atoms with Crippen LogP contribution in [-0.4, -0.2) is 44.3 Å². The average molecular weight is 262 g/mol. The fourth-order valence-electron chi connectivity index (χ4n) is 2.78. The molecule has 0 aliphatic carbocycles. The van der Waals surface area contributed by atoms with Gasteiger partial charge in [0.25, 0.3) is 0 Å². The first-order valence-corrected chi connectivity index (χ1v) is 7.37. The van der Waals surface area contributed by atoms with Crippen LogP contribution in [0.5, 0.6) is 0 Å². The highest BCUT2D eigenvalue weighted by atomic mass is 16.5. The normalized spacial score (nSPS) is 18.7. The highest BCUT2D eigenvalue weighted by molar-refractivity contribution is 5.19. The Bertz CT molecular complexity index is 349. The molecule has 0 saturated carbocycles. The van der Waals surface area contributed by atoms with Crippen molar-refractivity contribution in [2.24, 2.45) is 0 Å². The maximum absolute atomic E-state index is 5.44. The number of likely N-dealkylation sites (N-methyl/N-ethyl adjacent to an activating group) is 2. The van der Waals surface area contributed by atoms with E-state index in [1.165, 1.54) is 5.56 Å². The number of rotatable bonds is 6. The monoisotopic (exact) mass is 262 g/mol. The minimum Gasteiger partial charge on any atom is -0.381 e. The number of nitrogens with zero attached hydrogens (tertiary/aromatic N) is 1. The van der Waals surface area contributed by atoms with Crippen LogP contribution in [0.15, 0.2) is 30.3 Å². The molecule has 0 radical (unpaired) electrons. The maximum atomic E-state index is 5.44. The third kappa shape index (κ3) is 4.30. The molecule has 3 nitrogen and oxygen atoms in total. The Labute approximate surface area is 116 Å². The van der Waals surface area contributed by atoms with Crippen molar-refractivity contribution < 1.29 is 4.74 Å². The van der Waals surface area contributed by atoms with E-state index in [9.17, 15) is 0 Å². The van der Waals surface area contributed by atoms with E-state index in [2.05, 4.69) is 54.5 Å². The van der Waals surface area contributed by atoms with Gasteiger partial charge in [0.15, 0.2) is 0 Å². The Hall–Kier alpha value is -0.900. The van der Waals surface area contributed by atoms with Crippen LogP contribution in [0, 0.1) is 0 Å². The summed E-state index contributed by atoms with van der Waals surface area (Å²) in [5.41, 5.74) is 1.38. The Morgan fingerprint density at radius 1 is 1.26 bits per heavy atom. The van der Waals surface area contributed by atoms with Crippen LogP contribution < -0.4 is 5.32 Å². The summed E-state index contributed by atoms with van der Waals surface area (Å²) >= 11 is 0. The van der Waals surface area contributed by atoms with Gasteiger partial charge in [-0.2, -0.15) is 0 Å². The SMILES string of the molecule is CCNC(CN(C)C1CCOCC1)c1ccccc1. The molecule has 1 aliphatic heterocycles. The van der Waals surface area contributed by atoms with Gasteiger partial charge in [-0.05, 0) is 32.0 Å². The minimum atomic E-state index is 0.416. The lowest BCUT2D eigenvalue weighted by Crippen LogP contribution is -2.41. The van der Waals surface area contributed by atoms with Gasteiger partial charge in [-0.3, -0.25) is 0 Å². The number of nitrogens with one attached hydrogen (secondary N) is 1. The fourth-order valence-corrected chi connectivity index (χ4v) is 2.78. The van der Waals surface area contributed by atoms with Gasteiger partial charge in [0, 0.05) is 31.8 Å². The van der Waals surface area contributed by atoms with Crippen LogP contribution in [0.2, 0.25) is 0 Å². The molecule has 106 valence electrons. The summed E-state index contributed by atoms with van der Waals surface area (Å²) < 4.78 is 5.44. The number of benzene rings is 1. The molecule has 0 aromatic heterocycles. The van der Waals surface area contributed by atoms with Crippen LogP contribution in [-0.2, 0) is 4.74 Å². The topological polar surface area (TPSA) is 24.5 Å². The third-order valence-electron chi connectivity index (χ3n) is 3.94. The quantitative estimate of drug-likeness (QED) is 0.852. The van der Waals surface area contributed by atoms with E-state index in [0.717, 1.165) is 39.1 Å². The smallest absolute Gasteiger partial charge is 0.0480 e. The van der Waals surface area contributed by atoms with E-state index in [1.807, 2.05) is 0 Å². The van der Waals surface area contributed by atoms with Crippen LogP contribution >= 0.6 is 0 Å². The fraction of sp³-hybridized carbons (Fsp3) is 0.625. The molecule has 1 aromatic rings. The van der Waals surface area contributed by atoms with Gasteiger partial charge in [-0.15, -0.1) is 0 Å². The number of ether oxygens (including phenoxy) is 1. The van der Waals surface area contributed by atoms with Gasteiger partial charge in [0.2, 0.25) is 0 Å². The number of hydrogen-bond donors (Lipinski definition) is 1. The van der Waals surface area contributed by atoms with E-state index in [4.69, 9.17) is 4.74 Å². The summed E-state index contributed by atoms with van der Waals surface area (Å²) in [6.45, 7) is 6.05. The lowest BCUT2D eigenvalue weighted by Gasteiger charge is -2.34. The first kappa shape index (κ1) is 14.5. The Morgan fingerprint density at radius 2 is 1.95 bits per heavy atom. The highest BCUT2D eigenvalue weighted by Crippen LogP contribution is 2.18. The molecule has 1 aliphatic rings. The van der Waals surface area contributed by atoms with Crippen molar-refractivity contribution in [3.63, 3.8) is 0 Å². The van der Waals surface area contributed by atoms with Crippen molar-refractivity contribution in [1.29, 1.82) is 0 Å². The molecule has 0 spiro atoms. The van der Waals surface area contributed by atoms with Crippen molar-refractivity contribution in [3.8, 4) is 0 Å². The molecule has 1 saturated heterocycles. The second-order valence-corrected chi connectivity index (χ2v) is 5.30. The summed E-state index contributed by atoms with van der Waals surface area (Å²) in [6, 6.07) is 11.8. The molecule has 19 heavy (non-hydrogen) atoms. The van der Waals surface area contributed by atoms with Crippen molar-refractivity contribution in [2.75, 3.05) is 33.4 Å². The standard InChI is InChI=1S/C16H26N2O/c1-3-17-16(14-7-5-4-6-8-14)13-18(2)15-9-11-19-12-10-15/h4-8,15-17H,3,9-13H2,1-2H3. The minimum absolute atomic E-state index is 0.416. The van der Waals surface area contributed by atoms with Crippen LogP contribution in [0.4, 0.5) is 0 Å². The van der Waals surface area contributed by atoms with Gasteiger partial charge in [-0.1, -0.05) is 37.3 Å². The second kappa shape index (κ2) is 7.63. The lowest BCUT2D eigenvalue weighted by molar-refractivity contribution is 0.0402. The van der Waals surface area contributed by atoms with E-state index in [1.54, 1.807) is 0 Å². The maximum Gasteiger partial charge on any atom is 0.0480 e. The molecule has 1 N–H and O–H groups in total. The van der Waals surface area contributed by atoms with Gasteiger partial charge < -0.3 is 15.0 Å². The molecule has 0 bridgehead atoms. The van der Waals surface area contributed by atoms with E-state index >= 15 is 0 Å². The van der Waals surface area contributed by atoms with Crippen molar-refractivity contribution in [2.45, 2.75) is 31.8 Å². The van der Waals surface area contributed by atoms with Crippen LogP contribution in [0.25, 0.3) is 0 Å². The Balaban J connectivity index is 1.96. The van der Waals surface area contributed by atoms with Gasteiger partial charge in [-0.25, -0.2) is 0 Å². The third-order valence-corrected chi connectivity index (χ3v) is 3.94. The van der Waals surface area contributed by atoms with E-state index < -0.39 is 0 Å². The lowest BCUT2D eigenvalue weighted by atomic mass is 10.0. The molecule has 3 heteroatoms. The second-order valence-electron chi connectivity index (χ2n) is 5.30. The zero-order chi connectivity index (χ0) is 13.5.